The average molecular weight is 484 g/mol. The van der Waals surface area contributed by atoms with Gasteiger partial charge in [-0.25, -0.2) is 0 Å². The predicted molar refractivity (Wildman–Crippen MR) is 128 cm³/mol. The molecule has 3 aromatic rings. The highest BCUT2D eigenvalue weighted by atomic mass is 19.4. The molecule has 8 heteroatoms. The van der Waals surface area contributed by atoms with Crippen molar-refractivity contribution in [3.63, 3.8) is 0 Å². The summed E-state index contributed by atoms with van der Waals surface area (Å²) in [5, 5.41) is 3.28. The van der Waals surface area contributed by atoms with Crippen molar-refractivity contribution in [2.75, 3.05) is 6.54 Å². The topological polar surface area (TPSA) is 72.0 Å². The van der Waals surface area contributed by atoms with Gasteiger partial charge in [-0.3, -0.25) is 19.6 Å². The largest absolute Gasteiger partial charge is 0.417 e. The highest BCUT2D eigenvalue weighted by Crippen LogP contribution is 2.40. The predicted octanol–water partition coefficient (Wildman–Crippen LogP) is 6.39. The number of fused-ring (bicyclic) bond motifs is 1. The Morgan fingerprint density at radius 3 is 2.46 bits per heavy atom. The summed E-state index contributed by atoms with van der Waals surface area (Å²) in [7, 11) is 0. The number of nitrogens with one attached hydrogen (secondary N) is 1. The Morgan fingerprint density at radius 2 is 1.86 bits per heavy atom. The smallest absolute Gasteiger partial charge is 0.352 e. The van der Waals surface area contributed by atoms with Crippen molar-refractivity contribution in [1.29, 1.82) is 0 Å². The Hall–Kier alpha value is -3.29. The zero-order chi connectivity index (χ0) is 25.2. The summed E-state index contributed by atoms with van der Waals surface area (Å²) >= 11 is 0. The zero-order valence-electron chi connectivity index (χ0n) is 19.8. The molecule has 184 valence electrons. The SMILES string of the molecule is CCCCNC(=O)c1ccc(-c2cc3c(CC)c(C(=O)CC4CC4)cnc3cc2C(F)(F)F)nc1. The number of carbonyl (C=O) groups excluding carboxylic acids is 2. The van der Waals surface area contributed by atoms with Crippen molar-refractivity contribution < 1.29 is 22.8 Å². The van der Waals surface area contributed by atoms with Crippen LogP contribution in [0.15, 0.2) is 36.7 Å². The van der Waals surface area contributed by atoms with E-state index in [1.54, 1.807) is 0 Å². The fourth-order valence-electron chi connectivity index (χ4n) is 4.22. The van der Waals surface area contributed by atoms with E-state index in [1.165, 1.54) is 30.6 Å². The van der Waals surface area contributed by atoms with Crippen molar-refractivity contribution in [2.24, 2.45) is 5.92 Å². The molecule has 0 aliphatic heterocycles. The van der Waals surface area contributed by atoms with Gasteiger partial charge in [0.05, 0.1) is 22.3 Å². The van der Waals surface area contributed by atoms with E-state index in [0.29, 0.717) is 41.8 Å². The number of aryl methyl sites for hydroxylation is 1. The summed E-state index contributed by atoms with van der Waals surface area (Å²) in [5.74, 6) is 0.0630. The molecular formula is C27H28F3N3O2. The third kappa shape index (κ3) is 5.52. The first-order valence-corrected chi connectivity index (χ1v) is 12.0. The number of Topliss-reactive ketones (excluding diaryl/α,β-unsaturated/α-hetero) is 1. The summed E-state index contributed by atoms with van der Waals surface area (Å²) in [6.45, 7) is 4.41. The maximum Gasteiger partial charge on any atom is 0.417 e. The van der Waals surface area contributed by atoms with Crippen LogP contribution in [0.2, 0.25) is 0 Å². The van der Waals surface area contributed by atoms with Crippen LogP contribution in [0, 0.1) is 5.92 Å². The summed E-state index contributed by atoms with van der Waals surface area (Å²) in [5.41, 5.74) is 0.777. The van der Waals surface area contributed by atoms with Crippen LogP contribution >= 0.6 is 0 Å². The monoisotopic (exact) mass is 483 g/mol. The van der Waals surface area contributed by atoms with E-state index in [1.807, 2.05) is 13.8 Å². The van der Waals surface area contributed by atoms with Gasteiger partial charge in [0.25, 0.3) is 5.91 Å². The third-order valence-corrected chi connectivity index (χ3v) is 6.37. The van der Waals surface area contributed by atoms with E-state index in [2.05, 4.69) is 15.3 Å². The normalized spacial score (nSPS) is 13.7. The molecule has 1 aliphatic carbocycles. The number of benzene rings is 1. The Bertz CT molecular complexity index is 1250. The fourth-order valence-corrected chi connectivity index (χ4v) is 4.22. The van der Waals surface area contributed by atoms with E-state index in [-0.39, 0.29) is 34.0 Å². The Morgan fingerprint density at radius 1 is 1.09 bits per heavy atom. The number of pyridine rings is 2. The molecular weight excluding hydrogens is 455 g/mol. The second kappa shape index (κ2) is 10.1. The van der Waals surface area contributed by atoms with E-state index < -0.39 is 11.7 Å². The molecule has 35 heavy (non-hydrogen) atoms. The molecule has 1 fully saturated rings. The molecule has 4 rings (SSSR count). The number of halogens is 3. The van der Waals surface area contributed by atoms with Gasteiger partial charge in [-0.1, -0.05) is 20.3 Å². The molecule has 0 bridgehead atoms. The Kier molecular flexibility index (Phi) is 7.19. The first kappa shape index (κ1) is 24.8. The molecule has 2 heterocycles. The summed E-state index contributed by atoms with van der Waals surface area (Å²) in [6.07, 6.45) is 2.83. The van der Waals surface area contributed by atoms with Gasteiger partial charge < -0.3 is 5.32 Å². The summed E-state index contributed by atoms with van der Waals surface area (Å²) in [4.78, 5) is 33.5. The van der Waals surface area contributed by atoms with Crippen molar-refractivity contribution in [3.05, 3.63) is 58.9 Å². The Labute approximate surface area is 202 Å². The van der Waals surface area contributed by atoms with Gasteiger partial charge in [0.15, 0.2) is 5.78 Å². The second-order valence-corrected chi connectivity index (χ2v) is 9.03. The summed E-state index contributed by atoms with van der Waals surface area (Å²) in [6, 6.07) is 5.35. The summed E-state index contributed by atoms with van der Waals surface area (Å²) < 4.78 is 42.0. The maximum absolute atomic E-state index is 14.0. The molecule has 1 N–H and O–H groups in total. The lowest BCUT2D eigenvalue weighted by atomic mass is 9.92. The highest BCUT2D eigenvalue weighted by molar-refractivity contribution is 6.02. The lowest BCUT2D eigenvalue weighted by Crippen LogP contribution is -2.24. The quantitative estimate of drug-likeness (QED) is 0.283. The molecule has 0 unspecified atom stereocenters. The van der Waals surface area contributed by atoms with Gasteiger partial charge in [-0.2, -0.15) is 13.2 Å². The Balaban J connectivity index is 1.77. The van der Waals surface area contributed by atoms with Crippen molar-refractivity contribution in [2.45, 2.75) is 58.5 Å². The van der Waals surface area contributed by atoms with Gasteiger partial charge in [-0.15, -0.1) is 0 Å². The number of hydrogen-bond donors (Lipinski definition) is 1. The van der Waals surface area contributed by atoms with Crippen molar-refractivity contribution in [1.82, 2.24) is 15.3 Å². The number of amides is 1. The first-order chi connectivity index (χ1) is 16.7. The van der Waals surface area contributed by atoms with Crippen LogP contribution in [-0.4, -0.2) is 28.2 Å². The van der Waals surface area contributed by atoms with Gasteiger partial charge in [0, 0.05) is 41.9 Å². The highest BCUT2D eigenvalue weighted by Gasteiger charge is 2.35. The number of ketones is 1. The molecule has 1 saturated carbocycles. The number of alkyl halides is 3. The lowest BCUT2D eigenvalue weighted by molar-refractivity contribution is -0.137. The number of unbranched alkanes of at least 4 members (excludes halogenated alkanes) is 1. The number of hydrogen-bond acceptors (Lipinski definition) is 4. The minimum atomic E-state index is -4.63. The molecule has 1 aromatic carbocycles. The van der Waals surface area contributed by atoms with E-state index in [9.17, 15) is 22.8 Å². The van der Waals surface area contributed by atoms with Gasteiger partial charge in [-0.05, 0) is 61.4 Å². The molecule has 1 amide bonds. The number of carbonyl (C=O) groups is 2. The molecule has 1 aliphatic rings. The van der Waals surface area contributed by atoms with Crippen LogP contribution in [-0.2, 0) is 12.6 Å². The van der Waals surface area contributed by atoms with E-state index in [4.69, 9.17) is 0 Å². The second-order valence-electron chi connectivity index (χ2n) is 9.03. The third-order valence-electron chi connectivity index (χ3n) is 6.37. The van der Waals surface area contributed by atoms with Gasteiger partial charge in [0.1, 0.15) is 0 Å². The van der Waals surface area contributed by atoms with Gasteiger partial charge in [0.2, 0.25) is 0 Å². The minimum absolute atomic E-state index is 0.0169. The number of aromatic nitrogens is 2. The van der Waals surface area contributed by atoms with Crippen LogP contribution < -0.4 is 5.32 Å². The average Bonchev–Trinajstić information content (AvgIpc) is 3.66. The van der Waals surface area contributed by atoms with Crippen LogP contribution in [0.25, 0.3) is 22.2 Å². The minimum Gasteiger partial charge on any atom is -0.352 e. The molecule has 0 radical (unpaired) electrons. The first-order valence-electron chi connectivity index (χ1n) is 12.0. The van der Waals surface area contributed by atoms with Crippen LogP contribution in [0.3, 0.4) is 0 Å². The van der Waals surface area contributed by atoms with E-state index >= 15 is 0 Å². The van der Waals surface area contributed by atoms with Gasteiger partial charge >= 0.3 is 6.18 Å². The van der Waals surface area contributed by atoms with Crippen LogP contribution in [0.5, 0.6) is 0 Å². The lowest BCUT2D eigenvalue weighted by Gasteiger charge is -2.17. The molecule has 0 spiro atoms. The fraction of sp³-hybridized carbons (Fsp3) is 0.407. The van der Waals surface area contributed by atoms with Crippen molar-refractivity contribution in [3.8, 4) is 11.3 Å². The number of rotatable bonds is 9. The molecule has 5 nitrogen and oxygen atoms in total. The standard InChI is InChI=1S/C27H28F3N3O2/c1-3-5-10-31-26(35)17-8-9-23(32-14-17)20-12-19-18(4-2)21(25(34)11-16-6-7-16)15-33-24(19)13-22(20)27(28,29)30/h8-9,12-16H,3-7,10-11H2,1-2H3,(H,31,35). The zero-order valence-corrected chi connectivity index (χ0v) is 19.8. The number of nitrogens with zero attached hydrogens (tertiary/aromatic N) is 2. The van der Waals surface area contributed by atoms with E-state index in [0.717, 1.165) is 31.7 Å². The molecule has 0 saturated heterocycles. The molecule has 2 aromatic heterocycles. The molecule has 0 atom stereocenters. The van der Waals surface area contributed by atoms with Crippen LogP contribution in [0.4, 0.5) is 13.2 Å². The van der Waals surface area contributed by atoms with Crippen molar-refractivity contribution >= 4 is 22.6 Å². The van der Waals surface area contributed by atoms with Crippen LogP contribution in [0.1, 0.15) is 77.8 Å². The maximum atomic E-state index is 14.0.